The van der Waals surface area contributed by atoms with Crippen molar-refractivity contribution >= 4 is 33.4 Å². The van der Waals surface area contributed by atoms with Crippen LogP contribution in [0.25, 0.3) is 33.4 Å². The molecule has 3 aromatic rings. The average molecular weight is 629 g/mol. The summed E-state index contributed by atoms with van der Waals surface area (Å²) < 4.78 is 44.8. The van der Waals surface area contributed by atoms with Crippen LogP contribution in [0.2, 0.25) is 0 Å². The van der Waals surface area contributed by atoms with E-state index in [0.29, 0.717) is 16.7 Å². The van der Waals surface area contributed by atoms with Gasteiger partial charge in [0.1, 0.15) is 53.3 Å². The zero-order valence-corrected chi connectivity index (χ0v) is 24.2. The van der Waals surface area contributed by atoms with Crippen molar-refractivity contribution in [2.45, 2.75) is 13.3 Å². The highest BCUT2D eigenvalue weighted by atomic mass is 19.4. The minimum absolute atomic E-state index is 0.0140. The fourth-order valence-corrected chi connectivity index (χ4v) is 5.80. The largest absolute Gasteiger partial charge is 0.573 e. The van der Waals surface area contributed by atoms with E-state index in [1.807, 2.05) is 24.3 Å². The van der Waals surface area contributed by atoms with Crippen LogP contribution in [0.3, 0.4) is 0 Å². The van der Waals surface area contributed by atoms with Crippen molar-refractivity contribution in [2.75, 3.05) is 0 Å². The number of halogens is 3. The van der Waals surface area contributed by atoms with Gasteiger partial charge < -0.3 is 4.74 Å². The van der Waals surface area contributed by atoms with Gasteiger partial charge in [-0.1, -0.05) is 6.07 Å². The summed E-state index contributed by atoms with van der Waals surface area (Å²) in [4.78, 5) is 0. The number of benzene rings is 3. The van der Waals surface area contributed by atoms with Crippen LogP contribution in [-0.2, 0) is 0 Å². The molecule has 0 amide bonds. The molecule has 0 N–H and O–H groups in total. The Kier molecular flexibility index (Phi) is 7.83. The molecule has 0 saturated heterocycles. The van der Waals surface area contributed by atoms with Crippen molar-refractivity contribution in [3.8, 4) is 54.3 Å². The van der Waals surface area contributed by atoms with E-state index in [2.05, 4.69) is 10.8 Å². The van der Waals surface area contributed by atoms with E-state index >= 15 is 0 Å². The van der Waals surface area contributed by atoms with E-state index in [9.17, 15) is 55.3 Å². The van der Waals surface area contributed by atoms with Gasteiger partial charge in [0, 0.05) is 39.0 Å². The molecule has 0 bridgehead atoms. The summed E-state index contributed by atoms with van der Waals surface area (Å²) in [5, 5.41) is 79.4. The predicted octanol–water partition coefficient (Wildman–Crippen LogP) is 7.13. The Morgan fingerprint density at radius 3 is 1.38 bits per heavy atom. The zero-order chi connectivity index (χ0) is 34.9. The van der Waals surface area contributed by atoms with Crippen LogP contribution in [0, 0.1) is 97.6 Å². The molecule has 2 aliphatic carbocycles. The second-order valence-corrected chi connectivity index (χ2v) is 10.1. The SMILES string of the molecule is Cc1cc(C#N)ccc1C1=C(C#N)c2cc3c(cc2C1=C(C#N)C#N)C(C#N)=C(c1ccc(C#N)cc1OC(F)(F)F)C3=C(C#N)C#N. The lowest BCUT2D eigenvalue weighted by Crippen LogP contribution is -2.18. The van der Waals surface area contributed by atoms with Crippen LogP contribution in [0.4, 0.5) is 13.2 Å². The van der Waals surface area contributed by atoms with Gasteiger partial charge in [-0.25, -0.2) is 0 Å². The Morgan fingerprint density at radius 2 is 0.979 bits per heavy atom. The van der Waals surface area contributed by atoms with Crippen LogP contribution in [0.15, 0.2) is 59.7 Å². The van der Waals surface area contributed by atoms with E-state index in [0.717, 1.165) is 12.1 Å². The lowest BCUT2D eigenvalue weighted by molar-refractivity contribution is -0.274. The Labute approximate surface area is 270 Å². The first-order chi connectivity index (χ1) is 23.0. The summed E-state index contributed by atoms with van der Waals surface area (Å²) >= 11 is 0. The second-order valence-electron chi connectivity index (χ2n) is 10.1. The molecule has 0 fully saturated rings. The van der Waals surface area contributed by atoms with E-state index < -0.39 is 17.7 Å². The van der Waals surface area contributed by atoms with E-state index in [-0.39, 0.29) is 72.4 Å². The van der Waals surface area contributed by atoms with E-state index in [1.54, 1.807) is 37.3 Å². The van der Waals surface area contributed by atoms with Gasteiger partial charge in [0.15, 0.2) is 0 Å². The summed E-state index contributed by atoms with van der Waals surface area (Å²) in [6, 6.07) is 25.3. The first-order valence-corrected chi connectivity index (χ1v) is 13.4. The summed E-state index contributed by atoms with van der Waals surface area (Å²) in [5.41, 5.74) is -0.391. The zero-order valence-electron chi connectivity index (χ0n) is 24.2. The minimum atomic E-state index is -5.23. The number of aryl methyl sites for hydroxylation is 1. The highest BCUT2D eigenvalue weighted by Gasteiger charge is 2.39. The third kappa shape index (κ3) is 4.94. The molecule has 0 saturated carbocycles. The van der Waals surface area contributed by atoms with Crippen LogP contribution in [-0.4, -0.2) is 6.36 Å². The molecule has 0 radical (unpaired) electrons. The number of allylic oxidation sites excluding steroid dienone is 8. The Morgan fingerprint density at radius 1 is 0.542 bits per heavy atom. The Balaban J connectivity index is 1.93. The predicted molar refractivity (Wildman–Crippen MR) is 161 cm³/mol. The highest BCUT2D eigenvalue weighted by molar-refractivity contribution is 6.30. The van der Waals surface area contributed by atoms with Gasteiger partial charge in [0.05, 0.1) is 34.4 Å². The molecule has 0 spiro atoms. The van der Waals surface area contributed by atoms with Gasteiger partial charge in [0.25, 0.3) is 0 Å². The lowest BCUT2D eigenvalue weighted by atomic mass is 9.89. The molecular formula is C36H11F3N8O. The maximum Gasteiger partial charge on any atom is 0.573 e. The molecule has 2 aliphatic rings. The molecule has 3 aromatic carbocycles. The number of fused-ring (bicyclic) bond motifs is 2. The molecule has 9 nitrogen and oxygen atoms in total. The van der Waals surface area contributed by atoms with Crippen molar-refractivity contribution in [2.24, 2.45) is 0 Å². The Hall–Kier alpha value is -7.87. The molecule has 0 unspecified atom stereocenters. The fourth-order valence-electron chi connectivity index (χ4n) is 5.80. The normalized spacial score (nSPS) is 12.6. The highest BCUT2D eigenvalue weighted by Crippen LogP contribution is 2.55. The molecule has 222 valence electrons. The van der Waals surface area contributed by atoms with Crippen LogP contribution in [0.5, 0.6) is 5.75 Å². The van der Waals surface area contributed by atoms with E-state index in [1.165, 1.54) is 24.3 Å². The second kappa shape index (κ2) is 11.9. The molecule has 0 aromatic heterocycles. The van der Waals surface area contributed by atoms with E-state index in [4.69, 9.17) is 0 Å². The molecule has 0 heterocycles. The van der Waals surface area contributed by atoms with Crippen LogP contribution in [0.1, 0.15) is 50.1 Å². The van der Waals surface area contributed by atoms with Crippen LogP contribution < -0.4 is 4.74 Å². The van der Waals surface area contributed by atoms with Crippen LogP contribution >= 0.6 is 0 Å². The Bertz CT molecular complexity index is 2480. The smallest absolute Gasteiger partial charge is 0.405 e. The van der Waals surface area contributed by atoms with Crippen molar-refractivity contribution < 1.29 is 17.9 Å². The average Bonchev–Trinajstić information content (AvgIpc) is 3.55. The third-order valence-electron chi connectivity index (χ3n) is 7.64. The fraction of sp³-hybridized carbons (Fsp3) is 0.0556. The number of nitrogens with zero attached hydrogens (tertiary/aromatic N) is 8. The first-order valence-electron chi connectivity index (χ1n) is 13.4. The molecular weight excluding hydrogens is 617 g/mol. The number of rotatable bonds is 3. The van der Waals surface area contributed by atoms with Gasteiger partial charge in [-0.05, 0) is 71.6 Å². The summed E-state index contributed by atoms with van der Waals surface area (Å²) in [7, 11) is 0. The summed E-state index contributed by atoms with van der Waals surface area (Å²) in [6.07, 6.45) is -5.23. The number of hydrogen-bond acceptors (Lipinski definition) is 9. The number of nitriles is 8. The minimum Gasteiger partial charge on any atom is -0.405 e. The summed E-state index contributed by atoms with van der Waals surface area (Å²) in [6.45, 7) is 1.67. The van der Waals surface area contributed by atoms with Crippen molar-refractivity contribution in [3.05, 3.63) is 110 Å². The maximum atomic E-state index is 13.5. The van der Waals surface area contributed by atoms with Gasteiger partial charge in [-0.15, -0.1) is 13.2 Å². The lowest BCUT2D eigenvalue weighted by Gasteiger charge is -2.16. The van der Waals surface area contributed by atoms with Gasteiger partial charge in [0.2, 0.25) is 0 Å². The van der Waals surface area contributed by atoms with Gasteiger partial charge >= 0.3 is 6.36 Å². The topological polar surface area (TPSA) is 200 Å². The molecule has 5 rings (SSSR count). The maximum absolute atomic E-state index is 13.5. The first kappa shape index (κ1) is 31.6. The standard InChI is InChI=1S/C36H11F3N8O/c1-18-6-19(10-40)2-4-23(18)34-29(16-46)25-8-28-26(9-27(25)32(34)21(12-42)13-43)30(17-47)35(33(28)22(14-44)15-45)24-5-3-20(11-41)7-31(24)48-36(37,38)39/h2-9H,1H3. The number of hydrogen-bond donors (Lipinski definition) is 0. The number of ether oxygens (including phenoxy) is 1. The molecule has 12 heteroatoms. The molecule has 0 aliphatic heterocycles. The summed E-state index contributed by atoms with van der Waals surface area (Å²) in [5.74, 6) is -0.870. The van der Waals surface area contributed by atoms with Crippen molar-refractivity contribution in [3.63, 3.8) is 0 Å². The molecule has 48 heavy (non-hydrogen) atoms. The van der Waals surface area contributed by atoms with Gasteiger partial charge in [-0.2, -0.15) is 42.1 Å². The van der Waals surface area contributed by atoms with Gasteiger partial charge in [-0.3, -0.25) is 0 Å². The van der Waals surface area contributed by atoms with Crippen molar-refractivity contribution in [1.82, 2.24) is 0 Å². The third-order valence-corrected chi connectivity index (χ3v) is 7.64. The number of alkyl halides is 3. The molecule has 0 atom stereocenters. The quantitative estimate of drug-likeness (QED) is 0.270. The van der Waals surface area contributed by atoms with Crippen molar-refractivity contribution in [1.29, 1.82) is 42.1 Å². The monoisotopic (exact) mass is 628 g/mol.